The van der Waals surface area contributed by atoms with Crippen molar-refractivity contribution in [3.8, 4) is 6.07 Å². The predicted molar refractivity (Wildman–Crippen MR) is 97.8 cm³/mol. The van der Waals surface area contributed by atoms with Crippen molar-refractivity contribution in [1.29, 1.82) is 5.26 Å². The van der Waals surface area contributed by atoms with Gasteiger partial charge in [-0.05, 0) is 30.4 Å². The van der Waals surface area contributed by atoms with E-state index in [2.05, 4.69) is 31.9 Å². The van der Waals surface area contributed by atoms with Gasteiger partial charge < -0.3 is 5.11 Å². The molecular formula is C19H22ClN3O. The lowest BCUT2D eigenvalue weighted by Crippen LogP contribution is -2.10. The summed E-state index contributed by atoms with van der Waals surface area (Å²) < 4.78 is 1.61. The number of rotatable bonds is 3. The first kappa shape index (κ1) is 18.1. The zero-order chi connectivity index (χ0) is 18.1. The fourth-order valence-electron chi connectivity index (χ4n) is 2.52. The highest BCUT2D eigenvalue weighted by Gasteiger charge is 2.21. The van der Waals surface area contributed by atoms with Crippen LogP contribution >= 0.6 is 11.6 Å². The summed E-state index contributed by atoms with van der Waals surface area (Å²) in [4.78, 5) is 0. The van der Waals surface area contributed by atoms with Gasteiger partial charge in [-0.15, -0.1) is 0 Å². The number of allylic oxidation sites excluding steroid dienone is 1. The van der Waals surface area contributed by atoms with Crippen LogP contribution in [0.15, 0.2) is 24.3 Å². The Kier molecular flexibility index (Phi) is 5.05. The van der Waals surface area contributed by atoms with Gasteiger partial charge in [-0.3, -0.25) is 4.68 Å². The lowest BCUT2D eigenvalue weighted by Gasteiger charge is -2.19. The maximum atomic E-state index is 10.7. The van der Waals surface area contributed by atoms with E-state index in [-0.39, 0.29) is 16.7 Å². The third-order valence-electron chi connectivity index (χ3n) is 3.97. The largest absolute Gasteiger partial charge is 0.504 e. The molecule has 0 amide bonds. The summed E-state index contributed by atoms with van der Waals surface area (Å²) in [6, 6.07) is 9.74. The number of nitriles is 1. The van der Waals surface area contributed by atoms with Crippen molar-refractivity contribution in [2.75, 3.05) is 0 Å². The maximum absolute atomic E-state index is 10.7. The average molecular weight is 344 g/mol. The maximum Gasteiger partial charge on any atom is 0.160 e. The van der Waals surface area contributed by atoms with Crippen molar-refractivity contribution >= 4 is 22.9 Å². The average Bonchev–Trinajstić information content (AvgIpc) is 2.82. The molecule has 2 aromatic rings. The summed E-state index contributed by atoms with van der Waals surface area (Å²) in [6.07, 6.45) is 0. The molecule has 0 spiro atoms. The van der Waals surface area contributed by atoms with E-state index >= 15 is 0 Å². The highest BCUT2D eigenvalue weighted by molar-refractivity contribution is 6.33. The molecule has 0 saturated heterocycles. The van der Waals surface area contributed by atoms with Crippen molar-refractivity contribution in [2.45, 2.75) is 46.6 Å². The Bertz CT molecular complexity index is 818. The summed E-state index contributed by atoms with van der Waals surface area (Å²) in [7, 11) is 0. The van der Waals surface area contributed by atoms with Gasteiger partial charge in [-0.25, -0.2) is 0 Å². The first-order valence-electron chi connectivity index (χ1n) is 7.88. The van der Waals surface area contributed by atoms with Crippen molar-refractivity contribution in [1.82, 2.24) is 9.78 Å². The van der Waals surface area contributed by atoms with Gasteiger partial charge in [0.25, 0.3) is 0 Å². The number of hydrogen-bond donors (Lipinski definition) is 1. The smallest absolute Gasteiger partial charge is 0.160 e. The lowest BCUT2D eigenvalue weighted by molar-refractivity contribution is 0.497. The minimum atomic E-state index is -0.145. The number of halogens is 1. The van der Waals surface area contributed by atoms with Crippen LogP contribution < -0.4 is 0 Å². The monoisotopic (exact) mass is 343 g/mol. The number of aliphatic hydroxyl groups excluding tert-OH is 1. The first-order chi connectivity index (χ1) is 11.2. The number of aliphatic hydroxyl groups is 1. The number of hydrogen-bond acceptors (Lipinski definition) is 3. The predicted octanol–water partition coefficient (Wildman–Crippen LogP) is 5.11. The van der Waals surface area contributed by atoms with E-state index in [1.54, 1.807) is 11.6 Å². The molecule has 0 aliphatic rings. The van der Waals surface area contributed by atoms with Crippen LogP contribution in [0, 0.1) is 18.3 Å². The second-order valence-electron chi connectivity index (χ2n) is 6.73. The molecule has 0 aliphatic carbocycles. The van der Waals surface area contributed by atoms with Crippen molar-refractivity contribution in [3.05, 3.63) is 51.8 Å². The minimum Gasteiger partial charge on any atom is -0.504 e. The molecular weight excluding hydrogens is 322 g/mol. The highest BCUT2D eigenvalue weighted by atomic mass is 35.5. The Morgan fingerprint density at radius 3 is 2.33 bits per heavy atom. The van der Waals surface area contributed by atoms with Gasteiger partial charge in [0.2, 0.25) is 0 Å². The summed E-state index contributed by atoms with van der Waals surface area (Å²) in [5, 5.41) is 24.9. The van der Waals surface area contributed by atoms with Crippen LogP contribution in [0.4, 0.5) is 0 Å². The second kappa shape index (κ2) is 6.70. The third-order valence-corrected chi connectivity index (χ3v) is 4.42. The first-order valence-corrected chi connectivity index (χ1v) is 8.26. The number of benzene rings is 1. The molecule has 1 N–H and O–H groups in total. The molecule has 0 unspecified atom stereocenters. The van der Waals surface area contributed by atoms with Gasteiger partial charge in [0, 0.05) is 6.54 Å². The molecule has 24 heavy (non-hydrogen) atoms. The van der Waals surface area contributed by atoms with Gasteiger partial charge in [0.1, 0.15) is 17.3 Å². The summed E-state index contributed by atoms with van der Waals surface area (Å²) in [5.41, 5.74) is 3.04. The molecule has 0 fully saturated rings. The van der Waals surface area contributed by atoms with Crippen LogP contribution in [-0.2, 0) is 12.0 Å². The molecule has 5 heteroatoms. The molecule has 1 heterocycles. The van der Waals surface area contributed by atoms with E-state index in [1.165, 1.54) is 0 Å². The molecule has 4 nitrogen and oxygen atoms in total. The molecule has 0 saturated carbocycles. The van der Waals surface area contributed by atoms with E-state index in [4.69, 9.17) is 11.6 Å². The highest BCUT2D eigenvalue weighted by Crippen LogP contribution is 2.32. The van der Waals surface area contributed by atoms with Crippen molar-refractivity contribution < 1.29 is 5.11 Å². The molecule has 1 aromatic heterocycles. The van der Waals surface area contributed by atoms with E-state index in [0.29, 0.717) is 28.5 Å². The van der Waals surface area contributed by atoms with Gasteiger partial charge in [0.05, 0.1) is 10.7 Å². The quantitative estimate of drug-likeness (QED) is 0.622. The second-order valence-corrected chi connectivity index (χ2v) is 7.10. The van der Waals surface area contributed by atoms with Crippen LogP contribution in [0.25, 0.3) is 11.3 Å². The van der Waals surface area contributed by atoms with Crippen LogP contribution in [0.1, 0.15) is 50.2 Å². The summed E-state index contributed by atoms with van der Waals surface area (Å²) in [5.74, 6) is -0.145. The van der Waals surface area contributed by atoms with E-state index in [1.807, 2.05) is 31.2 Å². The van der Waals surface area contributed by atoms with Crippen LogP contribution in [0.2, 0.25) is 5.02 Å². The van der Waals surface area contributed by atoms with E-state index < -0.39 is 0 Å². The third kappa shape index (κ3) is 3.32. The summed E-state index contributed by atoms with van der Waals surface area (Å²) in [6.45, 7) is 10.6. The van der Waals surface area contributed by atoms with Crippen molar-refractivity contribution in [2.24, 2.45) is 0 Å². The number of nitrogens with zero attached hydrogens (tertiary/aromatic N) is 3. The normalized spacial score (nSPS) is 12.7. The van der Waals surface area contributed by atoms with Crippen LogP contribution in [0.3, 0.4) is 0 Å². The van der Waals surface area contributed by atoms with Crippen LogP contribution in [-0.4, -0.2) is 14.9 Å². The zero-order valence-corrected chi connectivity index (χ0v) is 15.4. The molecule has 0 radical (unpaired) electrons. The molecule has 0 atom stereocenters. The summed E-state index contributed by atoms with van der Waals surface area (Å²) >= 11 is 6.27. The number of aromatic nitrogens is 2. The van der Waals surface area contributed by atoms with Gasteiger partial charge >= 0.3 is 0 Å². The Balaban J connectivity index is 2.59. The van der Waals surface area contributed by atoms with Crippen molar-refractivity contribution in [3.63, 3.8) is 0 Å². The Morgan fingerprint density at radius 1 is 1.29 bits per heavy atom. The zero-order valence-electron chi connectivity index (χ0n) is 14.7. The fourth-order valence-corrected chi connectivity index (χ4v) is 2.75. The molecule has 2 rings (SSSR count). The van der Waals surface area contributed by atoms with Crippen LogP contribution in [0.5, 0.6) is 0 Å². The SMILES string of the molecule is CCn1nc(C)c(Cl)c1C(O)=C(C#N)c1ccc(C(C)(C)C)cc1. The lowest BCUT2D eigenvalue weighted by atomic mass is 9.86. The van der Waals surface area contributed by atoms with E-state index in [9.17, 15) is 10.4 Å². The molecule has 1 aromatic carbocycles. The Morgan fingerprint density at radius 2 is 1.88 bits per heavy atom. The van der Waals surface area contributed by atoms with Gasteiger partial charge in [-0.2, -0.15) is 10.4 Å². The standard InChI is InChI=1S/C19H22ClN3O/c1-6-23-17(16(20)12(2)22-23)18(24)15(11-21)13-7-9-14(10-8-13)19(3,4)5/h7-10,24H,6H2,1-5H3. The molecule has 0 aliphatic heterocycles. The van der Waals surface area contributed by atoms with E-state index in [0.717, 1.165) is 5.56 Å². The number of aryl methyl sites for hydroxylation is 2. The topological polar surface area (TPSA) is 61.8 Å². The Labute approximate surface area is 148 Å². The van der Waals surface area contributed by atoms with Gasteiger partial charge in [-0.1, -0.05) is 56.6 Å². The van der Waals surface area contributed by atoms with Gasteiger partial charge in [0.15, 0.2) is 5.76 Å². The Hall–Kier alpha value is -2.25. The molecule has 0 bridgehead atoms. The minimum absolute atomic E-state index is 0.0261. The molecule has 126 valence electrons. The fraction of sp³-hybridized carbons (Fsp3) is 0.368.